The second kappa shape index (κ2) is 6.12. The second-order valence-electron chi connectivity index (χ2n) is 2.85. The summed E-state index contributed by atoms with van der Waals surface area (Å²) in [6.45, 7) is 2.54. The standard InChI is InChI=1S/C9H13ClN4O2/c1-3-11-6(15)4-12-9-7(16-2)8(10)13-5-14-9/h5H,3-4H2,1-2H3,(H,11,15)(H,12,13,14). The van der Waals surface area contributed by atoms with Crippen LogP contribution >= 0.6 is 11.6 Å². The number of amides is 1. The van der Waals surface area contributed by atoms with Gasteiger partial charge in [0.2, 0.25) is 5.91 Å². The highest BCUT2D eigenvalue weighted by Gasteiger charge is 2.10. The fraction of sp³-hybridized carbons (Fsp3) is 0.444. The number of halogens is 1. The van der Waals surface area contributed by atoms with Crippen LogP contribution in [-0.2, 0) is 4.79 Å². The highest BCUT2D eigenvalue weighted by Crippen LogP contribution is 2.27. The van der Waals surface area contributed by atoms with Gasteiger partial charge in [-0.2, -0.15) is 0 Å². The molecule has 1 amide bonds. The SMILES string of the molecule is CCNC(=O)CNc1ncnc(Cl)c1OC. The molecule has 0 saturated heterocycles. The first-order valence-corrected chi connectivity index (χ1v) is 5.11. The minimum Gasteiger partial charge on any atom is -0.490 e. The maximum absolute atomic E-state index is 11.2. The summed E-state index contributed by atoms with van der Waals surface area (Å²) in [5.41, 5.74) is 0. The number of nitrogens with zero attached hydrogens (tertiary/aromatic N) is 2. The van der Waals surface area contributed by atoms with Crippen LogP contribution in [0.1, 0.15) is 6.92 Å². The first-order chi connectivity index (χ1) is 7.69. The predicted octanol–water partition coefficient (Wildman–Crippen LogP) is 0.687. The van der Waals surface area contributed by atoms with Gasteiger partial charge in [-0.15, -0.1) is 0 Å². The number of hydrogen-bond acceptors (Lipinski definition) is 5. The third-order valence-corrected chi connectivity index (χ3v) is 2.02. The van der Waals surface area contributed by atoms with Gasteiger partial charge in [0.15, 0.2) is 16.7 Å². The van der Waals surface area contributed by atoms with Gasteiger partial charge < -0.3 is 15.4 Å². The molecule has 0 saturated carbocycles. The van der Waals surface area contributed by atoms with Crippen molar-refractivity contribution in [3.63, 3.8) is 0 Å². The minimum absolute atomic E-state index is 0.109. The molecule has 6 nitrogen and oxygen atoms in total. The van der Waals surface area contributed by atoms with Gasteiger partial charge in [0.1, 0.15) is 6.33 Å². The summed E-state index contributed by atoms with van der Waals surface area (Å²) < 4.78 is 5.02. The lowest BCUT2D eigenvalue weighted by molar-refractivity contribution is -0.119. The Morgan fingerprint density at radius 2 is 2.31 bits per heavy atom. The number of aromatic nitrogens is 2. The molecule has 0 fully saturated rings. The lowest BCUT2D eigenvalue weighted by Gasteiger charge is -2.09. The van der Waals surface area contributed by atoms with Gasteiger partial charge in [0.05, 0.1) is 13.7 Å². The molecule has 0 aliphatic rings. The maximum atomic E-state index is 11.2. The number of methoxy groups -OCH3 is 1. The summed E-state index contributed by atoms with van der Waals surface area (Å²) in [5.74, 6) is 0.599. The third kappa shape index (κ3) is 3.23. The van der Waals surface area contributed by atoms with Gasteiger partial charge in [-0.05, 0) is 6.92 Å². The monoisotopic (exact) mass is 244 g/mol. The highest BCUT2D eigenvalue weighted by atomic mass is 35.5. The number of hydrogen-bond donors (Lipinski definition) is 2. The van der Waals surface area contributed by atoms with E-state index in [1.54, 1.807) is 0 Å². The van der Waals surface area contributed by atoms with Crippen molar-refractivity contribution in [1.82, 2.24) is 15.3 Å². The van der Waals surface area contributed by atoms with Crippen LogP contribution in [0.2, 0.25) is 5.15 Å². The summed E-state index contributed by atoms with van der Waals surface area (Å²) in [5, 5.41) is 5.67. The Bertz CT molecular complexity index is 373. The minimum atomic E-state index is -0.126. The molecule has 0 atom stereocenters. The van der Waals surface area contributed by atoms with E-state index in [0.29, 0.717) is 18.1 Å². The highest BCUT2D eigenvalue weighted by molar-refractivity contribution is 6.31. The van der Waals surface area contributed by atoms with Gasteiger partial charge in [-0.3, -0.25) is 4.79 Å². The van der Waals surface area contributed by atoms with E-state index in [0.717, 1.165) is 0 Å². The van der Waals surface area contributed by atoms with Crippen LogP contribution in [0.4, 0.5) is 5.82 Å². The molecule has 1 rings (SSSR count). The molecular formula is C9H13ClN4O2. The lowest BCUT2D eigenvalue weighted by Crippen LogP contribution is -2.29. The summed E-state index contributed by atoms with van der Waals surface area (Å²) in [6.07, 6.45) is 1.30. The summed E-state index contributed by atoms with van der Waals surface area (Å²) in [4.78, 5) is 18.9. The molecule has 0 radical (unpaired) electrons. The average molecular weight is 245 g/mol. The molecule has 1 aromatic rings. The summed E-state index contributed by atoms with van der Waals surface area (Å²) in [7, 11) is 1.46. The van der Waals surface area contributed by atoms with Crippen molar-refractivity contribution >= 4 is 23.3 Å². The molecule has 0 bridgehead atoms. The molecule has 0 unspecified atom stereocenters. The van der Waals surface area contributed by atoms with Crippen LogP contribution in [0.3, 0.4) is 0 Å². The predicted molar refractivity (Wildman–Crippen MR) is 60.8 cm³/mol. The largest absolute Gasteiger partial charge is 0.490 e. The van der Waals surface area contributed by atoms with Gasteiger partial charge in [-0.25, -0.2) is 9.97 Å². The Morgan fingerprint density at radius 1 is 1.56 bits per heavy atom. The van der Waals surface area contributed by atoms with Crippen LogP contribution in [-0.4, -0.2) is 36.1 Å². The van der Waals surface area contributed by atoms with Gasteiger partial charge >= 0.3 is 0 Å². The zero-order valence-corrected chi connectivity index (χ0v) is 9.84. The normalized spacial score (nSPS) is 9.69. The molecule has 0 spiro atoms. The van der Waals surface area contributed by atoms with Gasteiger partial charge in [0, 0.05) is 6.54 Å². The summed E-state index contributed by atoms with van der Waals surface area (Å²) >= 11 is 5.79. The average Bonchev–Trinajstić information content (AvgIpc) is 2.27. The molecule has 1 heterocycles. The molecule has 0 aromatic carbocycles. The van der Waals surface area contributed by atoms with Crippen molar-refractivity contribution < 1.29 is 9.53 Å². The molecule has 16 heavy (non-hydrogen) atoms. The number of anilines is 1. The first kappa shape index (κ1) is 12.5. The van der Waals surface area contributed by atoms with E-state index in [9.17, 15) is 4.79 Å². The number of rotatable bonds is 5. The van der Waals surface area contributed by atoms with Crippen molar-refractivity contribution in [3.05, 3.63) is 11.5 Å². The molecular weight excluding hydrogens is 232 g/mol. The van der Waals surface area contributed by atoms with E-state index in [1.165, 1.54) is 13.4 Å². The van der Waals surface area contributed by atoms with E-state index in [1.807, 2.05) is 6.92 Å². The van der Waals surface area contributed by atoms with E-state index < -0.39 is 0 Å². The lowest BCUT2D eigenvalue weighted by atomic mass is 10.5. The first-order valence-electron chi connectivity index (χ1n) is 4.74. The Kier molecular flexibility index (Phi) is 4.78. The molecule has 88 valence electrons. The maximum Gasteiger partial charge on any atom is 0.239 e. The summed E-state index contributed by atoms with van der Waals surface area (Å²) in [6, 6.07) is 0. The zero-order chi connectivity index (χ0) is 12.0. The van der Waals surface area contributed by atoms with E-state index in [4.69, 9.17) is 16.3 Å². The van der Waals surface area contributed by atoms with Crippen LogP contribution in [0.25, 0.3) is 0 Å². The van der Waals surface area contributed by atoms with Crippen molar-refractivity contribution in [2.24, 2.45) is 0 Å². The Labute approximate surface area is 98.4 Å². The third-order valence-electron chi connectivity index (χ3n) is 1.75. The Balaban J connectivity index is 2.66. The Morgan fingerprint density at radius 3 is 2.94 bits per heavy atom. The van der Waals surface area contributed by atoms with E-state index in [-0.39, 0.29) is 17.6 Å². The number of carbonyl (C=O) groups excluding carboxylic acids is 1. The van der Waals surface area contributed by atoms with Crippen molar-refractivity contribution in [1.29, 1.82) is 0 Å². The molecule has 7 heteroatoms. The second-order valence-corrected chi connectivity index (χ2v) is 3.21. The van der Waals surface area contributed by atoms with Crippen molar-refractivity contribution in [2.45, 2.75) is 6.92 Å². The van der Waals surface area contributed by atoms with Crippen molar-refractivity contribution in [3.8, 4) is 5.75 Å². The molecule has 2 N–H and O–H groups in total. The van der Waals surface area contributed by atoms with E-state index in [2.05, 4.69) is 20.6 Å². The molecule has 0 aliphatic heterocycles. The number of ether oxygens (including phenoxy) is 1. The van der Waals surface area contributed by atoms with Crippen LogP contribution in [0.5, 0.6) is 5.75 Å². The number of nitrogens with one attached hydrogen (secondary N) is 2. The van der Waals surface area contributed by atoms with Gasteiger partial charge in [-0.1, -0.05) is 11.6 Å². The van der Waals surface area contributed by atoms with Crippen molar-refractivity contribution in [2.75, 3.05) is 25.5 Å². The zero-order valence-electron chi connectivity index (χ0n) is 9.08. The topological polar surface area (TPSA) is 76.1 Å². The van der Waals surface area contributed by atoms with Crippen LogP contribution in [0.15, 0.2) is 6.33 Å². The number of carbonyl (C=O) groups is 1. The Hall–Kier alpha value is -1.56. The van der Waals surface area contributed by atoms with Crippen LogP contribution in [0, 0.1) is 0 Å². The molecule has 0 aliphatic carbocycles. The fourth-order valence-electron chi connectivity index (χ4n) is 1.08. The fourth-order valence-corrected chi connectivity index (χ4v) is 1.29. The smallest absolute Gasteiger partial charge is 0.239 e. The number of likely N-dealkylation sites (N-methyl/N-ethyl adjacent to an activating group) is 1. The molecule has 1 aromatic heterocycles. The quantitative estimate of drug-likeness (QED) is 0.746. The van der Waals surface area contributed by atoms with Gasteiger partial charge in [0.25, 0.3) is 0 Å². The van der Waals surface area contributed by atoms with Crippen LogP contribution < -0.4 is 15.4 Å². The van der Waals surface area contributed by atoms with E-state index >= 15 is 0 Å².